The van der Waals surface area contributed by atoms with Gasteiger partial charge in [0.15, 0.2) is 0 Å². The van der Waals surface area contributed by atoms with Gasteiger partial charge in [-0.25, -0.2) is 5.43 Å². The van der Waals surface area contributed by atoms with E-state index in [1.54, 1.807) is 18.3 Å². The number of amides is 1. The van der Waals surface area contributed by atoms with Crippen LogP contribution in [0.5, 0.6) is 0 Å². The lowest BCUT2D eigenvalue weighted by molar-refractivity contribution is 0.0955. The summed E-state index contributed by atoms with van der Waals surface area (Å²) in [6.07, 6.45) is 1.61. The summed E-state index contributed by atoms with van der Waals surface area (Å²) in [5.74, 6) is -0.377. The monoisotopic (exact) mass is 320 g/mol. The fourth-order valence-corrected chi connectivity index (χ4v) is 2.36. The van der Waals surface area contributed by atoms with Gasteiger partial charge in [0.25, 0.3) is 5.91 Å². The minimum atomic E-state index is -0.377. The summed E-state index contributed by atoms with van der Waals surface area (Å²) in [6.45, 7) is 4.02. The molecular formula is C16H14Cl2N2O. The number of carbonyl (C=O) groups excluding carboxylic acids is 1. The molecule has 0 saturated carbocycles. The Morgan fingerprint density at radius 3 is 2.57 bits per heavy atom. The van der Waals surface area contributed by atoms with Gasteiger partial charge in [0.2, 0.25) is 0 Å². The Morgan fingerprint density at radius 2 is 1.90 bits per heavy atom. The van der Waals surface area contributed by atoms with Crippen LogP contribution in [0.4, 0.5) is 0 Å². The maximum absolute atomic E-state index is 12.0. The molecule has 2 aromatic carbocycles. The number of aryl methyl sites for hydroxylation is 2. The second-order valence-corrected chi connectivity index (χ2v) is 5.53. The first-order valence-corrected chi connectivity index (χ1v) is 7.08. The van der Waals surface area contributed by atoms with Crippen molar-refractivity contribution in [2.75, 3.05) is 0 Å². The highest BCUT2D eigenvalue weighted by molar-refractivity contribution is 6.36. The predicted molar refractivity (Wildman–Crippen MR) is 87.4 cm³/mol. The predicted octanol–water partition coefficient (Wildman–Crippen LogP) is 4.37. The molecule has 2 rings (SSSR count). The zero-order valence-corrected chi connectivity index (χ0v) is 13.2. The summed E-state index contributed by atoms with van der Waals surface area (Å²) in [7, 11) is 0. The van der Waals surface area contributed by atoms with E-state index in [2.05, 4.69) is 16.6 Å². The molecule has 108 valence electrons. The molecule has 0 aromatic heterocycles. The van der Waals surface area contributed by atoms with Crippen molar-refractivity contribution in [1.29, 1.82) is 0 Å². The number of carbonyl (C=O) groups is 1. The molecule has 0 atom stereocenters. The third-order valence-electron chi connectivity index (χ3n) is 2.97. The zero-order valence-electron chi connectivity index (χ0n) is 11.7. The quantitative estimate of drug-likeness (QED) is 0.662. The lowest BCUT2D eigenvalue weighted by Gasteiger charge is -2.04. The SMILES string of the molecule is Cc1ccc(/C=N/NC(=O)c2ccc(Cl)cc2Cl)c(C)c1. The molecule has 0 saturated heterocycles. The normalized spacial score (nSPS) is 10.9. The standard InChI is InChI=1S/C16H14Cl2N2O/c1-10-3-4-12(11(2)7-10)9-19-20-16(21)14-6-5-13(17)8-15(14)18/h3-9H,1-2H3,(H,20,21)/b19-9+. The van der Waals surface area contributed by atoms with Crippen molar-refractivity contribution in [3.63, 3.8) is 0 Å². The van der Waals surface area contributed by atoms with Crippen LogP contribution in [0.1, 0.15) is 27.0 Å². The molecule has 0 radical (unpaired) electrons. The number of halogens is 2. The Kier molecular flexibility index (Phi) is 4.99. The molecule has 0 aliphatic rings. The molecule has 0 aliphatic heterocycles. The van der Waals surface area contributed by atoms with Gasteiger partial charge in [-0.3, -0.25) is 4.79 Å². The molecule has 5 heteroatoms. The van der Waals surface area contributed by atoms with Gasteiger partial charge in [-0.15, -0.1) is 0 Å². The zero-order chi connectivity index (χ0) is 15.4. The maximum atomic E-state index is 12.0. The Morgan fingerprint density at radius 1 is 1.14 bits per heavy atom. The first-order chi connectivity index (χ1) is 9.97. The molecular weight excluding hydrogens is 307 g/mol. The largest absolute Gasteiger partial charge is 0.272 e. The molecule has 0 fully saturated rings. The fourth-order valence-electron chi connectivity index (χ4n) is 1.86. The van der Waals surface area contributed by atoms with E-state index in [9.17, 15) is 4.79 Å². The van der Waals surface area contributed by atoms with E-state index in [0.717, 1.165) is 11.1 Å². The molecule has 1 amide bonds. The topological polar surface area (TPSA) is 41.5 Å². The lowest BCUT2D eigenvalue weighted by atomic mass is 10.1. The molecule has 21 heavy (non-hydrogen) atoms. The average molecular weight is 321 g/mol. The smallest absolute Gasteiger partial charge is 0.267 e. The number of nitrogens with zero attached hydrogens (tertiary/aromatic N) is 1. The van der Waals surface area contributed by atoms with Crippen molar-refractivity contribution in [3.8, 4) is 0 Å². The van der Waals surface area contributed by atoms with Gasteiger partial charge >= 0.3 is 0 Å². The summed E-state index contributed by atoms with van der Waals surface area (Å²) in [4.78, 5) is 12.0. The first-order valence-electron chi connectivity index (χ1n) is 6.33. The van der Waals surface area contributed by atoms with E-state index < -0.39 is 0 Å². The molecule has 0 heterocycles. The number of hydrazone groups is 1. The molecule has 0 unspecified atom stereocenters. The molecule has 0 aliphatic carbocycles. The van der Waals surface area contributed by atoms with E-state index in [1.807, 2.05) is 26.0 Å². The summed E-state index contributed by atoms with van der Waals surface area (Å²) in [5, 5.41) is 4.73. The lowest BCUT2D eigenvalue weighted by Crippen LogP contribution is -2.18. The second-order valence-electron chi connectivity index (χ2n) is 4.68. The maximum Gasteiger partial charge on any atom is 0.272 e. The minimum Gasteiger partial charge on any atom is -0.267 e. The summed E-state index contributed by atoms with van der Waals surface area (Å²) in [6, 6.07) is 10.7. The van der Waals surface area contributed by atoms with E-state index >= 15 is 0 Å². The number of rotatable bonds is 3. The summed E-state index contributed by atoms with van der Waals surface area (Å²) < 4.78 is 0. The van der Waals surface area contributed by atoms with Gasteiger partial charge in [-0.1, -0.05) is 47.0 Å². The van der Waals surface area contributed by atoms with Crippen molar-refractivity contribution >= 4 is 35.3 Å². The van der Waals surface area contributed by atoms with Crippen LogP contribution in [0.2, 0.25) is 10.0 Å². The average Bonchev–Trinajstić information content (AvgIpc) is 2.41. The highest BCUT2D eigenvalue weighted by Gasteiger charge is 2.09. The number of hydrogen-bond acceptors (Lipinski definition) is 2. The summed E-state index contributed by atoms with van der Waals surface area (Å²) in [5.41, 5.74) is 6.01. The van der Waals surface area contributed by atoms with Gasteiger partial charge in [-0.05, 0) is 43.2 Å². The number of benzene rings is 2. The summed E-state index contributed by atoms with van der Waals surface area (Å²) >= 11 is 11.8. The van der Waals surface area contributed by atoms with Crippen LogP contribution in [0.25, 0.3) is 0 Å². The van der Waals surface area contributed by atoms with Crippen LogP contribution in [0.3, 0.4) is 0 Å². The minimum absolute atomic E-state index is 0.293. The van der Waals surface area contributed by atoms with E-state index in [4.69, 9.17) is 23.2 Å². The van der Waals surface area contributed by atoms with Gasteiger partial charge < -0.3 is 0 Å². The first kappa shape index (κ1) is 15.5. The van der Waals surface area contributed by atoms with Gasteiger partial charge in [0, 0.05) is 5.02 Å². The van der Waals surface area contributed by atoms with Crippen LogP contribution in [0.15, 0.2) is 41.5 Å². The number of nitrogens with one attached hydrogen (secondary N) is 1. The van der Waals surface area contributed by atoms with Gasteiger partial charge in [-0.2, -0.15) is 5.10 Å². The number of hydrogen-bond donors (Lipinski definition) is 1. The van der Waals surface area contributed by atoms with Crippen molar-refractivity contribution in [1.82, 2.24) is 5.43 Å². The van der Waals surface area contributed by atoms with Crippen LogP contribution in [0, 0.1) is 13.8 Å². The molecule has 2 aromatic rings. The van der Waals surface area contributed by atoms with Crippen LogP contribution >= 0.6 is 23.2 Å². The fraction of sp³-hybridized carbons (Fsp3) is 0.125. The highest BCUT2D eigenvalue weighted by Crippen LogP contribution is 2.20. The Bertz CT molecular complexity index is 711. The molecule has 0 bridgehead atoms. The highest BCUT2D eigenvalue weighted by atomic mass is 35.5. The van der Waals surface area contributed by atoms with E-state index in [1.165, 1.54) is 11.6 Å². The van der Waals surface area contributed by atoms with Gasteiger partial charge in [0.05, 0.1) is 16.8 Å². The van der Waals surface area contributed by atoms with Crippen LogP contribution < -0.4 is 5.43 Å². The molecule has 3 nitrogen and oxygen atoms in total. The van der Waals surface area contributed by atoms with Crippen molar-refractivity contribution < 1.29 is 4.79 Å². The Labute approximate surface area is 133 Å². The van der Waals surface area contributed by atoms with E-state index in [0.29, 0.717) is 15.6 Å². The van der Waals surface area contributed by atoms with Gasteiger partial charge in [0.1, 0.15) is 0 Å². The third kappa shape index (κ3) is 4.06. The van der Waals surface area contributed by atoms with E-state index in [-0.39, 0.29) is 5.91 Å². The second kappa shape index (κ2) is 6.74. The van der Waals surface area contributed by atoms with Crippen molar-refractivity contribution in [2.24, 2.45) is 5.10 Å². The third-order valence-corrected chi connectivity index (χ3v) is 3.52. The van der Waals surface area contributed by atoms with Crippen LogP contribution in [-0.2, 0) is 0 Å². The molecule has 1 N–H and O–H groups in total. The van der Waals surface area contributed by atoms with Crippen molar-refractivity contribution in [3.05, 3.63) is 68.7 Å². The van der Waals surface area contributed by atoms with Crippen LogP contribution in [-0.4, -0.2) is 12.1 Å². The Hall–Kier alpha value is -1.84. The molecule has 0 spiro atoms. The van der Waals surface area contributed by atoms with Crippen molar-refractivity contribution in [2.45, 2.75) is 13.8 Å². The Balaban J connectivity index is 2.08.